The van der Waals surface area contributed by atoms with Crippen LogP contribution in [0.1, 0.15) is 46.0 Å². The lowest BCUT2D eigenvalue weighted by atomic mass is 9.87. The number of hydrogen-bond donors (Lipinski definition) is 1. The van der Waals surface area contributed by atoms with Crippen LogP contribution >= 0.6 is 0 Å². The van der Waals surface area contributed by atoms with Crippen molar-refractivity contribution in [3.05, 3.63) is 30.1 Å². The molecule has 1 amide bonds. The zero-order valence-electron chi connectivity index (χ0n) is 15.3. The number of piperidine rings is 1. The summed E-state index contributed by atoms with van der Waals surface area (Å²) in [4.78, 5) is 15.1. The summed E-state index contributed by atoms with van der Waals surface area (Å²) in [6, 6.07) is 6.31. The number of carbonyl (C=O) groups excluding carboxylic acids is 1. The summed E-state index contributed by atoms with van der Waals surface area (Å²) in [5.74, 6) is -0.151. The second kappa shape index (κ2) is 7.83. The van der Waals surface area contributed by atoms with Crippen LogP contribution < -0.4 is 10.2 Å². The van der Waals surface area contributed by atoms with Crippen molar-refractivity contribution in [2.45, 2.75) is 57.6 Å². The number of ether oxygens (including phenoxy) is 1. The molecule has 0 aliphatic carbocycles. The molecule has 0 saturated carbocycles. The topological polar surface area (TPSA) is 41.6 Å². The van der Waals surface area contributed by atoms with Crippen LogP contribution in [-0.2, 0) is 9.53 Å². The van der Waals surface area contributed by atoms with E-state index in [1.165, 1.54) is 12.1 Å². The van der Waals surface area contributed by atoms with Gasteiger partial charge in [-0.15, -0.1) is 0 Å². The van der Waals surface area contributed by atoms with Crippen LogP contribution in [0, 0.1) is 11.7 Å². The van der Waals surface area contributed by atoms with Crippen molar-refractivity contribution in [2.24, 2.45) is 5.92 Å². The number of nitrogens with one attached hydrogen (secondary N) is 1. The summed E-state index contributed by atoms with van der Waals surface area (Å²) in [6.07, 6.45) is 4.46. The number of rotatable bonds is 5. The van der Waals surface area contributed by atoms with Gasteiger partial charge in [0.2, 0.25) is 5.91 Å². The number of amides is 1. The first-order valence-corrected chi connectivity index (χ1v) is 9.52. The molecule has 2 fully saturated rings. The molecule has 2 saturated heterocycles. The lowest BCUT2D eigenvalue weighted by molar-refractivity contribution is -0.123. The third-order valence-corrected chi connectivity index (χ3v) is 5.75. The molecule has 2 heterocycles. The van der Waals surface area contributed by atoms with E-state index in [4.69, 9.17) is 4.74 Å². The van der Waals surface area contributed by atoms with Crippen molar-refractivity contribution in [3.8, 4) is 0 Å². The van der Waals surface area contributed by atoms with Gasteiger partial charge in [-0.2, -0.15) is 0 Å². The molecule has 4 nitrogen and oxygen atoms in total. The number of anilines is 1. The number of hydrogen-bond acceptors (Lipinski definition) is 3. The van der Waals surface area contributed by atoms with Gasteiger partial charge in [0.15, 0.2) is 0 Å². The van der Waals surface area contributed by atoms with E-state index in [0.717, 1.165) is 50.9 Å². The monoisotopic (exact) mass is 348 g/mol. The molecule has 0 aromatic heterocycles. The van der Waals surface area contributed by atoms with Gasteiger partial charge < -0.3 is 15.0 Å². The third-order valence-electron chi connectivity index (χ3n) is 5.75. The molecule has 3 rings (SSSR count). The zero-order valence-corrected chi connectivity index (χ0v) is 15.3. The van der Waals surface area contributed by atoms with E-state index in [9.17, 15) is 9.18 Å². The Bertz CT molecular complexity index is 580. The Morgan fingerprint density at radius 1 is 1.28 bits per heavy atom. The number of nitrogens with zero attached hydrogens (tertiary/aromatic N) is 1. The molecule has 2 aliphatic heterocycles. The molecule has 1 N–H and O–H groups in total. The predicted molar refractivity (Wildman–Crippen MR) is 97.1 cm³/mol. The maximum absolute atomic E-state index is 13.4. The van der Waals surface area contributed by atoms with E-state index >= 15 is 0 Å². The smallest absolute Gasteiger partial charge is 0.230 e. The molecule has 1 aromatic rings. The number of benzene rings is 1. The van der Waals surface area contributed by atoms with Crippen molar-refractivity contribution >= 4 is 11.6 Å². The Balaban J connectivity index is 1.86. The molecular weight excluding hydrogens is 319 g/mol. The van der Waals surface area contributed by atoms with E-state index in [2.05, 4.69) is 5.32 Å². The van der Waals surface area contributed by atoms with Crippen molar-refractivity contribution in [1.82, 2.24) is 5.32 Å². The van der Waals surface area contributed by atoms with Crippen LogP contribution in [0.2, 0.25) is 0 Å². The predicted octanol–water partition coefficient (Wildman–Crippen LogP) is 3.51. The van der Waals surface area contributed by atoms with Crippen LogP contribution in [-0.4, -0.2) is 37.2 Å². The van der Waals surface area contributed by atoms with Crippen molar-refractivity contribution in [3.63, 3.8) is 0 Å². The molecule has 25 heavy (non-hydrogen) atoms. The summed E-state index contributed by atoms with van der Waals surface area (Å²) < 4.78 is 19.6. The second-order valence-electron chi connectivity index (χ2n) is 7.30. The van der Waals surface area contributed by atoms with E-state index in [-0.39, 0.29) is 29.3 Å². The van der Waals surface area contributed by atoms with Crippen LogP contribution in [0.5, 0.6) is 0 Å². The third kappa shape index (κ3) is 3.87. The first kappa shape index (κ1) is 18.3. The van der Waals surface area contributed by atoms with Gasteiger partial charge in [-0.1, -0.05) is 13.8 Å². The van der Waals surface area contributed by atoms with E-state index < -0.39 is 0 Å². The second-order valence-corrected chi connectivity index (χ2v) is 7.30. The minimum Gasteiger partial charge on any atom is -0.373 e. The first-order valence-electron chi connectivity index (χ1n) is 9.52. The van der Waals surface area contributed by atoms with Crippen LogP contribution in [0.15, 0.2) is 24.3 Å². The molecule has 0 radical (unpaired) electrons. The molecule has 1 aromatic carbocycles. The van der Waals surface area contributed by atoms with Crippen molar-refractivity contribution in [1.29, 1.82) is 0 Å². The van der Waals surface area contributed by atoms with E-state index in [1.807, 2.05) is 18.7 Å². The van der Waals surface area contributed by atoms with Gasteiger partial charge in [-0.3, -0.25) is 4.79 Å². The molecular formula is C20H29FN2O2. The molecule has 138 valence electrons. The highest BCUT2D eigenvalue weighted by Crippen LogP contribution is 2.38. The van der Waals surface area contributed by atoms with Gasteiger partial charge >= 0.3 is 0 Å². The molecule has 0 bridgehead atoms. The number of carbonyl (C=O) groups is 1. The van der Waals surface area contributed by atoms with E-state index in [0.29, 0.717) is 6.61 Å². The minimum atomic E-state index is -0.281. The summed E-state index contributed by atoms with van der Waals surface area (Å²) in [6.45, 7) is 6.58. The SMILES string of the molecule is CCC(CC)C(=O)N(c1ccc(F)cc1)[C@@H]1COC2(CCNCC2)C1. The van der Waals surface area contributed by atoms with Crippen molar-refractivity contribution in [2.75, 3.05) is 24.6 Å². The van der Waals surface area contributed by atoms with Crippen LogP contribution in [0.25, 0.3) is 0 Å². The van der Waals surface area contributed by atoms with Gasteiger partial charge in [0.1, 0.15) is 5.82 Å². The van der Waals surface area contributed by atoms with E-state index in [1.54, 1.807) is 12.1 Å². The average molecular weight is 348 g/mol. The van der Waals surface area contributed by atoms with Crippen LogP contribution in [0.3, 0.4) is 0 Å². The molecule has 0 unspecified atom stereocenters. The molecule has 2 aliphatic rings. The van der Waals surface area contributed by atoms with Gasteiger partial charge in [0.05, 0.1) is 18.2 Å². The fraction of sp³-hybridized carbons (Fsp3) is 0.650. The zero-order chi connectivity index (χ0) is 17.9. The summed E-state index contributed by atoms with van der Waals surface area (Å²) >= 11 is 0. The average Bonchev–Trinajstić information content (AvgIpc) is 3.01. The Kier molecular flexibility index (Phi) is 5.74. The standard InChI is InChI=1S/C20H29FN2O2/c1-3-15(4-2)19(24)23(17-7-5-16(21)6-8-17)18-13-20(25-14-18)9-11-22-12-10-20/h5-8,15,18,22H,3-4,9-14H2,1-2H3/t18-/m0/s1. The fourth-order valence-electron chi connectivity index (χ4n) is 4.17. The highest BCUT2D eigenvalue weighted by molar-refractivity contribution is 5.95. The largest absolute Gasteiger partial charge is 0.373 e. The maximum Gasteiger partial charge on any atom is 0.230 e. The van der Waals surface area contributed by atoms with Gasteiger partial charge in [0, 0.05) is 11.6 Å². The first-order chi connectivity index (χ1) is 12.1. The highest BCUT2D eigenvalue weighted by atomic mass is 19.1. The van der Waals surface area contributed by atoms with Crippen LogP contribution in [0.4, 0.5) is 10.1 Å². The van der Waals surface area contributed by atoms with Gasteiger partial charge in [-0.05, 0) is 69.5 Å². The Labute approximate surface area is 149 Å². The normalized spacial score (nSPS) is 22.5. The fourth-order valence-corrected chi connectivity index (χ4v) is 4.17. The Hall–Kier alpha value is -1.46. The lowest BCUT2D eigenvalue weighted by Gasteiger charge is -2.35. The Morgan fingerprint density at radius 2 is 1.92 bits per heavy atom. The number of halogens is 1. The molecule has 1 spiro atoms. The minimum absolute atomic E-state index is 0.00498. The quantitative estimate of drug-likeness (QED) is 0.885. The maximum atomic E-state index is 13.4. The molecule has 5 heteroatoms. The summed E-state index contributed by atoms with van der Waals surface area (Å²) in [7, 11) is 0. The highest BCUT2D eigenvalue weighted by Gasteiger charge is 2.45. The van der Waals surface area contributed by atoms with Gasteiger partial charge in [0.25, 0.3) is 0 Å². The lowest BCUT2D eigenvalue weighted by Crippen LogP contribution is -2.46. The Morgan fingerprint density at radius 3 is 2.52 bits per heavy atom. The molecule has 1 atom stereocenters. The summed E-state index contributed by atoms with van der Waals surface area (Å²) in [5, 5.41) is 3.37. The van der Waals surface area contributed by atoms with Gasteiger partial charge in [-0.25, -0.2) is 4.39 Å². The summed E-state index contributed by atoms with van der Waals surface area (Å²) in [5.41, 5.74) is 0.667. The van der Waals surface area contributed by atoms with Crippen molar-refractivity contribution < 1.29 is 13.9 Å².